The summed E-state index contributed by atoms with van der Waals surface area (Å²) in [5.41, 5.74) is -0.0535. The number of aliphatic hydroxyl groups excluding tert-OH is 4. The molecule has 5 saturated heterocycles. The molecule has 31 heteroatoms. The van der Waals surface area contributed by atoms with Crippen LogP contribution in [0.1, 0.15) is 91.0 Å². The fourth-order valence-electron chi connectivity index (χ4n) is 10.3. The molecule has 5 fully saturated rings. The van der Waals surface area contributed by atoms with E-state index in [2.05, 4.69) is 52.8 Å². The summed E-state index contributed by atoms with van der Waals surface area (Å²) < 4.78 is 6.80. The van der Waals surface area contributed by atoms with Crippen LogP contribution in [-0.2, 0) is 63.9 Å². The molecule has 0 aliphatic carbocycles. The van der Waals surface area contributed by atoms with Gasteiger partial charge in [0.05, 0.1) is 37.7 Å². The van der Waals surface area contributed by atoms with Crippen molar-refractivity contribution in [3.05, 3.63) is 11.9 Å². The van der Waals surface area contributed by atoms with Crippen molar-refractivity contribution in [1.82, 2.24) is 72.2 Å². The summed E-state index contributed by atoms with van der Waals surface area (Å²) in [6.07, 6.45) is -1.88. The number of aromatic nitrogens is 3. The molecule has 0 saturated carbocycles. The Bertz CT molecular complexity index is 2410. The molecule has 1 aromatic heterocycles. The van der Waals surface area contributed by atoms with Crippen LogP contribution in [0.25, 0.3) is 0 Å². The Hall–Kier alpha value is -6.93. The molecule has 432 valence electrons. The number of carbonyl (C=O) groups is 11. The van der Waals surface area contributed by atoms with Gasteiger partial charge in [-0.3, -0.25) is 52.7 Å². The van der Waals surface area contributed by atoms with Crippen LogP contribution < -0.4 is 42.5 Å². The summed E-state index contributed by atoms with van der Waals surface area (Å²) in [5, 5.41) is 79.2. The fraction of sp³-hybridized carbons (Fsp3) is 0.723. The maximum absolute atomic E-state index is 14.3. The number of nitrogens with one attached hydrogen (secondary N) is 8. The second-order valence-corrected chi connectivity index (χ2v) is 20.2. The molecule has 5 aliphatic rings. The molecular weight excluding hydrogens is 1030 g/mol. The monoisotopic (exact) mass is 1100 g/mol. The Kier molecular flexibility index (Phi) is 20.9. The lowest BCUT2D eigenvalue weighted by Crippen LogP contribution is -2.62. The number of likely N-dealkylation sites (tertiary alicyclic amines) is 3. The molecule has 78 heavy (non-hydrogen) atoms. The summed E-state index contributed by atoms with van der Waals surface area (Å²) >= 11 is 0. The number of aliphatic carboxylic acids is 1. The predicted molar refractivity (Wildman–Crippen MR) is 264 cm³/mol. The summed E-state index contributed by atoms with van der Waals surface area (Å²) in [7, 11) is 0. The van der Waals surface area contributed by atoms with E-state index in [-0.39, 0.29) is 50.5 Å². The maximum atomic E-state index is 14.3. The van der Waals surface area contributed by atoms with E-state index in [1.54, 1.807) is 0 Å². The van der Waals surface area contributed by atoms with Crippen molar-refractivity contribution in [2.75, 3.05) is 45.9 Å². The number of carboxylic acids is 1. The van der Waals surface area contributed by atoms with Gasteiger partial charge in [-0.15, -0.1) is 5.10 Å². The van der Waals surface area contributed by atoms with Crippen molar-refractivity contribution < 1.29 is 83.0 Å². The third kappa shape index (κ3) is 14.6. The zero-order chi connectivity index (χ0) is 57.1. The molecule has 5 aliphatic heterocycles. The van der Waals surface area contributed by atoms with Gasteiger partial charge >= 0.3 is 5.97 Å². The van der Waals surface area contributed by atoms with E-state index < -0.39 is 170 Å². The van der Waals surface area contributed by atoms with Gasteiger partial charge in [0, 0.05) is 33.0 Å². The smallest absolute Gasteiger partial charge is 0.325 e. The van der Waals surface area contributed by atoms with E-state index in [1.165, 1.54) is 41.7 Å². The molecule has 0 unspecified atom stereocenters. The van der Waals surface area contributed by atoms with E-state index in [4.69, 9.17) is 4.74 Å². The summed E-state index contributed by atoms with van der Waals surface area (Å²) in [6, 6.07) is -11.7. The Morgan fingerprint density at radius 2 is 1.29 bits per heavy atom. The number of ether oxygens (including phenoxy) is 1. The molecule has 0 radical (unpaired) electrons. The topological polar surface area (TPSA) is 435 Å². The van der Waals surface area contributed by atoms with E-state index in [9.17, 15) is 78.3 Å². The highest BCUT2D eigenvalue weighted by Gasteiger charge is 2.47. The minimum absolute atomic E-state index is 0.0535. The van der Waals surface area contributed by atoms with Crippen LogP contribution in [-0.4, -0.2) is 245 Å². The Balaban J connectivity index is 1.14. The SMILES string of the molecule is CC(=O)N[C@@H]1[C@@H](O)[C@H](O)[C@@H](CO)O[C@H]1n1cc(C[C@H](NC(=O)[C@H](CO)NC(=O)CNC(=O)[C@@H]2CCCN2C(=O)[C@H](C)NC(=O)[C@@H]2CCCN2)C(=O)N[C@@H](C)C(=O)N2CCC[C@H]2C(=O)N2CCC[C@H]2C(=O)N[C@@H](C)C(=O)O)nn1. The molecule has 1 aromatic rings. The van der Waals surface area contributed by atoms with Crippen LogP contribution in [0.2, 0.25) is 0 Å². The number of hydrogen-bond donors (Lipinski definition) is 13. The third-order valence-electron chi connectivity index (χ3n) is 14.5. The largest absolute Gasteiger partial charge is 0.480 e. The van der Waals surface area contributed by atoms with Crippen molar-refractivity contribution in [3.63, 3.8) is 0 Å². The van der Waals surface area contributed by atoms with Gasteiger partial charge in [0.15, 0.2) is 6.23 Å². The summed E-state index contributed by atoms with van der Waals surface area (Å²) in [4.78, 5) is 149. The molecule has 6 rings (SSSR count). The first-order valence-electron chi connectivity index (χ1n) is 26.1. The zero-order valence-electron chi connectivity index (χ0n) is 43.8. The number of hydrogen-bond acceptors (Lipinski definition) is 19. The van der Waals surface area contributed by atoms with Gasteiger partial charge in [-0.05, 0) is 78.7 Å². The van der Waals surface area contributed by atoms with Crippen molar-refractivity contribution >= 4 is 65.0 Å². The van der Waals surface area contributed by atoms with Crippen molar-refractivity contribution in [3.8, 4) is 0 Å². The van der Waals surface area contributed by atoms with Crippen LogP contribution in [0, 0.1) is 0 Å². The van der Waals surface area contributed by atoms with Crippen molar-refractivity contribution in [2.45, 2.75) is 170 Å². The number of amides is 10. The number of nitrogens with zero attached hydrogens (tertiary/aromatic N) is 6. The van der Waals surface area contributed by atoms with Gasteiger partial charge in [-0.2, -0.15) is 0 Å². The second-order valence-electron chi connectivity index (χ2n) is 20.2. The van der Waals surface area contributed by atoms with Crippen LogP contribution in [0.15, 0.2) is 6.20 Å². The molecule has 14 atom stereocenters. The predicted octanol–water partition coefficient (Wildman–Crippen LogP) is -7.66. The van der Waals surface area contributed by atoms with E-state index in [0.29, 0.717) is 32.2 Å². The maximum Gasteiger partial charge on any atom is 0.325 e. The Morgan fingerprint density at radius 3 is 1.90 bits per heavy atom. The minimum atomic E-state index is -1.75. The number of carbonyl (C=O) groups excluding carboxylic acids is 10. The van der Waals surface area contributed by atoms with E-state index in [0.717, 1.165) is 18.0 Å². The lowest BCUT2D eigenvalue weighted by molar-refractivity contribution is -0.219. The highest BCUT2D eigenvalue weighted by Crippen LogP contribution is 2.29. The number of carboxylic acid groups (broad SMARTS) is 1. The lowest BCUT2D eigenvalue weighted by atomic mass is 9.96. The van der Waals surface area contributed by atoms with E-state index >= 15 is 0 Å². The van der Waals surface area contributed by atoms with Crippen molar-refractivity contribution in [2.24, 2.45) is 0 Å². The quantitative estimate of drug-likeness (QED) is 0.0513. The van der Waals surface area contributed by atoms with Crippen LogP contribution in [0.5, 0.6) is 0 Å². The first kappa shape index (κ1) is 60.3. The van der Waals surface area contributed by atoms with Crippen molar-refractivity contribution in [1.29, 1.82) is 0 Å². The van der Waals surface area contributed by atoms with Crippen LogP contribution in [0.3, 0.4) is 0 Å². The van der Waals surface area contributed by atoms with Gasteiger partial charge in [0.1, 0.15) is 72.7 Å². The third-order valence-corrected chi connectivity index (χ3v) is 14.5. The first-order chi connectivity index (χ1) is 37.0. The van der Waals surface area contributed by atoms with Gasteiger partial charge in [-0.1, -0.05) is 5.21 Å². The molecule has 0 aromatic carbocycles. The van der Waals surface area contributed by atoms with Crippen LogP contribution >= 0.6 is 0 Å². The molecule has 31 nitrogen and oxygen atoms in total. The molecule has 0 bridgehead atoms. The van der Waals surface area contributed by atoms with Gasteiger partial charge in [0.2, 0.25) is 59.1 Å². The average molecular weight is 1110 g/mol. The highest BCUT2D eigenvalue weighted by atomic mass is 16.5. The summed E-state index contributed by atoms with van der Waals surface area (Å²) in [6.45, 7) is 3.93. The lowest BCUT2D eigenvalue weighted by Gasteiger charge is -2.42. The fourth-order valence-corrected chi connectivity index (χ4v) is 10.3. The molecular formula is C47H72N14O17. The number of rotatable bonds is 22. The second kappa shape index (κ2) is 27.1. The highest BCUT2D eigenvalue weighted by molar-refractivity contribution is 5.98. The van der Waals surface area contributed by atoms with E-state index in [1.807, 2.05) is 0 Å². The Labute approximate surface area is 447 Å². The molecule has 13 N–H and O–H groups in total. The standard InChI is InChI=1S/C47H72N14O17/c1-22(50-38(68)27-9-5-13-48-27)43(73)58-14-6-10-30(58)41(71)49-18-34(65)54-29(20-62)40(70)55-28(17-26-19-61(57-56-26)46-35(53-25(4)64)37(67)36(66)33(21-63)78-46)39(69)51-23(2)44(74)60-16-8-12-32(60)45(75)59-15-7-11-31(59)42(72)52-24(3)47(76)77/h19,22-24,27-33,35-37,46,48,62-63,66-67H,5-18,20-21H2,1-4H3,(H,49,71)(H,50,68)(H,51,69)(H,52,72)(H,53,64)(H,54,65)(H,55,70)(H,76,77)/t22-,23-,24-,27-,28-,29-,30-,31-,32-,33+,35+,36+,37+,46+/m0/s1. The molecule has 0 spiro atoms. The molecule has 6 heterocycles. The number of aliphatic hydroxyl groups is 4. The first-order valence-corrected chi connectivity index (χ1v) is 26.1. The minimum Gasteiger partial charge on any atom is -0.480 e. The van der Waals surface area contributed by atoms with Gasteiger partial charge < -0.3 is 87.5 Å². The summed E-state index contributed by atoms with van der Waals surface area (Å²) in [5.74, 6) is -8.43. The zero-order valence-corrected chi connectivity index (χ0v) is 43.8. The average Bonchev–Trinajstić information content (AvgIpc) is 4.29. The van der Waals surface area contributed by atoms with Gasteiger partial charge in [-0.25, -0.2) is 4.68 Å². The normalized spacial score (nSPS) is 26.9. The Morgan fingerprint density at radius 1 is 0.705 bits per heavy atom. The van der Waals surface area contributed by atoms with Gasteiger partial charge in [0.25, 0.3) is 0 Å². The molecule has 10 amide bonds. The van der Waals surface area contributed by atoms with Crippen LogP contribution in [0.4, 0.5) is 0 Å².